The van der Waals surface area contributed by atoms with Gasteiger partial charge in [0.25, 0.3) is 0 Å². The zero-order valence-corrected chi connectivity index (χ0v) is 21.8. The molecule has 38 heavy (non-hydrogen) atoms. The first-order valence-corrected chi connectivity index (χ1v) is 13.2. The maximum absolute atomic E-state index is 15.6. The van der Waals surface area contributed by atoms with Gasteiger partial charge >= 0.3 is 5.69 Å². The van der Waals surface area contributed by atoms with E-state index in [0.29, 0.717) is 42.1 Å². The molecule has 196 valence electrons. The molecule has 1 saturated heterocycles. The van der Waals surface area contributed by atoms with Crippen LogP contribution in [0, 0.1) is 11.6 Å². The van der Waals surface area contributed by atoms with Crippen molar-refractivity contribution >= 4 is 34.1 Å². The number of hydrogen-bond acceptors (Lipinski definition) is 7. The van der Waals surface area contributed by atoms with Crippen LogP contribution in [0.15, 0.2) is 53.3 Å². The molecule has 0 saturated carbocycles. The molecule has 1 fully saturated rings. The third-order valence-electron chi connectivity index (χ3n) is 6.63. The molecule has 8 nitrogen and oxygen atoms in total. The number of pyridine rings is 1. The van der Waals surface area contributed by atoms with Crippen LogP contribution in [-0.4, -0.2) is 56.0 Å². The van der Waals surface area contributed by atoms with E-state index in [4.69, 9.17) is 0 Å². The van der Waals surface area contributed by atoms with E-state index in [0.717, 1.165) is 6.42 Å². The second-order valence-electron chi connectivity index (χ2n) is 9.11. The normalized spacial score (nSPS) is 15.7. The predicted molar refractivity (Wildman–Crippen MR) is 144 cm³/mol. The van der Waals surface area contributed by atoms with Crippen molar-refractivity contribution in [1.29, 1.82) is 0 Å². The molecule has 4 aromatic rings. The summed E-state index contributed by atoms with van der Waals surface area (Å²) in [6, 6.07) is 6.85. The SMILES string of the molecule is C=CC(=O)N1CCN(c2nc(=O)n(-c3scnc3CCC)c3nc(-c4ccccc4F)c(F)cc23)[C@@H](C)C1. The molecule has 0 unspecified atom stereocenters. The van der Waals surface area contributed by atoms with Crippen LogP contribution < -0.4 is 10.6 Å². The zero-order valence-electron chi connectivity index (χ0n) is 21.0. The Morgan fingerprint density at radius 3 is 2.71 bits per heavy atom. The molecule has 1 aliphatic rings. The number of thiazole rings is 1. The summed E-state index contributed by atoms with van der Waals surface area (Å²) < 4.78 is 31.6. The first-order valence-electron chi connectivity index (χ1n) is 12.3. The van der Waals surface area contributed by atoms with Crippen molar-refractivity contribution in [3.05, 3.63) is 76.3 Å². The molecule has 0 N–H and O–H groups in total. The Balaban J connectivity index is 1.75. The molecule has 11 heteroatoms. The maximum atomic E-state index is 15.6. The number of fused-ring (bicyclic) bond motifs is 1. The molecular weight excluding hydrogens is 510 g/mol. The first-order chi connectivity index (χ1) is 18.3. The van der Waals surface area contributed by atoms with Gasteiger partial charge in [0.2, 0.25) is 5.91 Å². The number of carbonyl (C=O) groups is 1. The summed E-state index contributed by atoms with van der Waals surface area (Å²) in [5, 5.41) is 0.863. The topological polar surface area (TPSA) is 84.2 Å². The van der Waals surface area contributed by atoms with E-state index in [-0.39, 0.29) is 34.7 Å². The van der Waals surface area contributed by atoms with Crippen molar-refractivity contribution in [3.8, 4) is 16.3 Å². The van der Waals surface area contributed by atoms with Gasteiger partial charge in [0, 0.05) is 31.2 Å². The molecule has 0 aliphatic carbocycles. The number of halogens is 2. The lowest BCUT2D eigenvalue weighted by Crippen LogP contribution is -2.54. The minimum Gasteiger partial charge on any atom is -0.350 e. The average Bonchev–Trinajstić information content (AvgIpc) is 3.36. The average molecular weight is 537 g/mol. The molecule has 0 spiro atoms. The summed E-state index contributed by atoms with van der Waals surface area (Å²) in [4.78, 5) is 42.6. The molecule has 1 aliphatic heterocycles. The van der Waals surface area contributed by atoms with Crippen molar-refractivity contribution in [1.82, 2.24) is 24.4 Å². The molecule has 0 bridgehead atoms. The molecule has 3 aromatic heterocycles. The highest BCUT2D eigenvalue weighted by molar-refractivity contribution is 7.12. The minimum absolute atomic E-state index is 0.00716. The van der Waals surface area contributed by atoms with Gasteiger partial charge in [-0.15, -0.1) is 11.3 Å². The van der Waals surface area contributed by atoms with Crippen molar-refractivity contribution < 1.29 is 13.6 Å². The van der Waals surface area contributed by atoms with Crippen LogP contribution in [0.25, 0.3) is 27.3 Å². The predicted octanol–water partition coefficient (Wildman–Crippen LogP) is 4.36. The summed E-state index contributed by atoms with van der Waals surface area (Å²) in [7, 11) is 0. The monoisotopic (exact) mass is 536 g/mol. The van der Waals surface area contributed by atoms with Gasteiger partial charge in [0.1, 0.15) is 28.1 Å². The largest absolute Gasteiger partial charge is 0.356 e. The standard InChI is InChI=1S/C27H26F2N6O2S/c1-4-8-21-26(38-15-30-21)35-25-18(13-20(29)23(31-25)17-9-6-7-10-19(17)28)24(32-27(35)37)34-12-11-33(14-16(34)3)22(36)5-2/h5-7,9-10,13,15-16H,2,4,8,11-12,14H2,1,3H3/t16-/m0/s1. The number of carbonyl (C=O) groups excluding carboxylic acids is 1. The van der Waals surface area contributed by atoms with Crippen LogP contribution in [0.4, 0.5) is 14.6 Å². The lowest BCUT2D eigenvalue weighted by Gasteiger charge is -2.40. The lowest BCUT2D eigenvalue weighted by atomic mass is 10.1. The smallest absolute Gasteiger partial charge is 0.350 e. The fraction of sp³-hybridized carbons (Fsp3) is 0.296. The van der Waals surface area contributed by atoms with Crippen LogP contribution in [-0.2, 0) is 11.2 Å². The van der Waals surface area contributed by atoms with E-state index in [9.17, 15) is 14.0 Å². The highest BCUT2D eigenvalue weighted by Gasteiger charge is 2.30. The summed E-state index contributed by atoms with van der Waals surface area (Å²) in [5.41, 5.74) is 1.72. The molecule has 0 radical (unpaired) electrons. The van der Waals surface area contributed by atoms with E-state index in [1.54, 1.807) is 16.5 Å². The van der Waals surface area contributed by atoms with Gasteiger partial charge in [-0.3, -0.25) is 4.79 Å². The third-order valence-corrected chi connectivity index (χ3v) is 7.48. The van der Waals surface area contributed by atoms with E-state index in [2.05, 4.69) is 21.5 Å². The van der Waals surface area contributed by atoms with Crippen LogP contribution in [0.1, 0.15) is 26.0 Å². The second-order valence-corrected chi connectivity index (χ2v) is 9.94. The van der Waals surface area contributed by atoms with E-state index >= 15 is 4.39 Å². The number of aromatic nitrogens is 4. The number of nitrogens with zero attached hydrogens (tertiary/aromatic N) is 6. The second kappa shape index (κ2) is 10.4. The Morgan fingerprint density at radius 2 is 2.00 bits per heavy atom. The Hall–Kier alpha value is -3.99. The van der Waals surface area contributed by atoms with Gasteiger partial charge in [-0.05, 0) is 37.6 Å². The van der Waals surface area contributed by atoms with E-state index < -0.39 is 17.3 Å². The maximum Gasteiger partial charge on any atom is 0.356 e. The third kappa shape index (κ3) is 4.47. The number of rotatable bonds is 6. The number of hydrogen-bond donors (Lipinski definition) is 0. The highest BCUT2D eigenvalue weighted by atomic mass is 32.1. The summed E-state index contributed by atoms with van der Waals surface area (Å²) in [6.45, 7) is 8.62. The highest BCUT2D eigenvalue weighted by Crippen LogP contribution is 2.33. The van der Waals surface area contributed by atoms with Gasteiger partial charge in [0.15, 0.2) is 5.65 Å². The van der Waals surface area contributed by atoms with Crippen LogP contribution >= 0.6 is 11.3 Å². The van der Waals surface area contributed by atoms with Gasteiger partial charge in [-0.1, -0.05) is 32.1 Å². The fourth-order valence-electron chi connectivity index (χ4n) is 4.80. The van der Waals surface area contributed by atoms with Crippen molar-refractivity contribution in [2.45, 2.75) is 32.7 Å². The quantitative estimate of drug-likeness (QED) is 0.341. The van der Waals surface area contributed by atoms with Crippen LogP contribution in [0.2, 0.25) is 0 Å². The molecule has 1 aromatic carbocycles. The van der Waals surface area contributed by atoms with Gasteiger partial charge in [-0.2, -0.15) is 4.98 Å². The first kappa shape index (κ1) is 25.7. The fourth-order valence-corrected chi connectivity index (χ4v) is 5.64. The number of piperazine rings is 1. The van der Waals surface area contributed by atoms with E-state index in [1.807, 2.05) is 18.7 Å². The molecule has 5 rings (SSSR count). The van der Waals surface area contributed by atoms with Gasteiger partial charge in [-0.25, -0.2) is 28.1 Å². The number of benzene rings is 1. The Kier molecular flexibility index (Phi) is 7.02. The molecule has 1 atom stereocenters. The van der Waals surface area contributed by atoms with Crippen LogP contribution in [0.5, 0.6) is 0 Å². The van der Waals surface area contributed by atoms with E-state index in [1.165, 1.54) is 46.2 Å². The summed E-state index contributed by atoms with van der Waals surface area (Å²) in [6.07, 6.45) is 2.71. The van der Waals surface area contributed by atoms with Crippen LogP contribution in [0.3, 0.4) is 0 Å². The van der Waals surface area contributed by atoms with Crippen molar-refractivity contribution in [3.63, 3.8) is 0 Å². The molecular formula is C27H26F2N6O2S. The Morgan fingerprint density at radius 1 is 1.21 bits per heavy atom. The van der Waals surface area contributed by atoms with Gasteiger partial charge < -0.3 is 9.80 Å². The van der Waals surface area contributed by atoms with Gasteiger partial charge in [0.05, 0.1) is 16.6 Å². The number of amides is 1. The Labute approximate surface area is 221 Å². The van der Waals surface area contributed by atoms with Crippen molar-refractivity contribution in [2.24, 2.45) is 0 Å². The lowest BCUT2D eigenvalue weighted by molar-refractivity contribution is -0.126. The zero-order chi connectivity index (χ0) is 27.0. The molecule has 1 amide bonds. The number of anilines is 1. The van der Waals surface area contributed by atoms with Crippen molar-refractivity contribution in [2.75, 3.05) is 24.5 Å². The molecule has 4 heterocycles. The summed E-state index contributed by atoms with van der Waals surface area (Å²) >= 11 is 1.27. The Bertz CT molecular complexity index is 1600. The number of aryl methyl sites for hydroxylation is 1. The summed E-state index contributed by atoms with van der Waals surface area (Å²) in [5.74, 6) is -1.27. The minimum atomic E-state index is -0.734.